The van der Waals surface area contributed by atoms with E-state index in [1.54, 1.807) is 32.2 Å². The fourth-order valence-corrected chi connectivity index (χ4v) is 4.11. The van der Waals surface area contributed by atoms with Crippen LogP contribution < -0.4 is 15.3 Å². The molecule has 160 valence electrons. The van der Waals surface area contributed by atoms with Crippen molar-refractivity contribution in [2.75, 3.05) is 5.84 Å². The van der Waals surface area contributed by atoms with Gasteiger partial charge in [-0.25, -0.2) is 10.8 Å². The zero-order valence-corrected chi connectivity index (χ0v) is 17.5. The summed E-state index contributed by atoms with van der Waals surface area (Å²) >= 11 is 0. The number of hydrogen-bond donors (Lipinski definition) is 2. The van der Waals surface area contributed by atoms with Crippen LogP contribution in [-0.4, -0.2) is 27.9 Å². The standard InChI is InChI=1S/C20H18FN5O4S/c1-4-18-24-10-17(21)20(25-18)30-11-16-9-23-8-15(26(16)22)7-14-5-12(2)19(13(3)6-14)31(27,28)29/h1,5-6,8-10H,7,11H2,2-3H3,(H2-,22,23,27,28,29)/p+1. The first-order valence-electron chi connectivity index (χ1n) is 8.92. The van der Waals surface area contributed by atoms with Crippen LogP contribution in [0.15, 0.2) is 35.6 Å². The number of halogens is 1. The first-order valence-corrected chi connectivity index (χ1v) is 10.4. The van der Waals surface area contributed by atoms with Crippen LogP contribution in [-0.2, 0) is 23.1 Å². The fraction of sp³-hybridized carbons (Fsp3) is 0.200. The van der Waals surface area contributed by atoms with Gasteiger partial charge in [0.1, 0.15) is 6.20 Å². The lowest BCUT2D eigenvalue weighted by atomic mass is 10.0. The van der Waals surface area contributed by atoms with Crippen LogP contribution in [0.4, 0.5) is 4.39 Å². The molecule has 2 heterocycles. The summed E-state index contributed by atoms with van der Waals surface area (Å²) in [4.78, 5) is 11.4. The number of benzene rings is 1. The number of nitrogen functional groups attached to an aromatic ring is 1. The molecular formula is C20H19FN5O4S+. The van der Waals surface area contributed by atoms with Gasteiger partial charge in [0.15, 0.2) is 6.61 Å². The topological polar surface area (TPSA) is 132 Å². The Bertz CT molecular complexity index is 1280. The molecule has 0 fully saturated rings. The van der Waals surface area contributed by atoms with Crippen LogP contribution in [0.2, 0.25) is 0 Å². The van der Waals surface area contributed by atoms with E-state index < -0.39 is 15.9 Å². The zero-order chi connectivity index (χ0) is 22.8. The maximum atomic E-state index is 13.8. The third-order valence-electron chi connectivity index (χ3n) is 4.43. The highest BCUT2D eigenvalue weighted by molar-refractivity contribution is 7.86. The summed E-state index contributed by atoms with van der Waals surface area (Å²) in [5.74, 6) is 7.28. The van der Waals surface area contributed by atoms with Gasteiger partial charge in [-0.05, 0) is 36.5 Å². The second-order valence-corrected chi connectivity index (χ2v) is 8.11. The minimum Gasteiger partial charge on any atom is -0.464 e. The van der Waals surface area contributed by atoms with E-state index >= 15 is 0 Å². The number of terminal acetylenes is 1. The average molecular weight is 444 g/mol. The van der Waals surface area contributed by atoms with Gasteiger partial charge in [-0.3, -0.25) is 9.54 Å². The third-order valence-corrected chi connectivity index (χ3v) is 5.59. The van der Waals surface area contributed by atoms with Crippen molar-refractivity contribution in [3.8, 4) is 18.2 Å². The average Bonchev–Trinajstić information content (AvgIpc) is 2.68. The number of nitrogens with zero attached hydrogens (tertiary/aromatic N) is 4. The second kappa shape index (κ2) is 8.63. The van der Waals surface area contributed by atoms with E-state index in [9.17, 15) is 17.4 Å². The van der Waals surface area contributed by atoms with E-state index in [0.717, 1.165) is 11.8 Å². The smallest absolute Gasteiger partial charge is 0.295 e. The van der Waals surface area contributed by atoms with Gasteiger partial charge in [-0.15, -0.1) is 6.42 Å². The second-order valence-electron chi connectivity index (χ2n) is 6.75. The van der Waals surface area contributed by atoms with Crippen LogP contribution in [0.3, 0.4) is 0 Å². The van der Waals surface area contributed by atoms with E-state index in [0.29, 0.717) is 28.9 Å². The summed E-state index contributed by atoms with van der Waals surface area (Å²) in [6.07, 6.45) is 9.47. The number of hydrogen-bond acceptors (Lipinski definition) is 7. The Labute approximate surface area is 178 Å². The lowest BCUT2D eigenvalue weighted by Gasteiger charge is -2.10. The molecule has 3 aromatic rings. The molecule has 0 amide bonds. The number of aryl methyl sites for hydroxylation is 2. The molecule has 0 atom stereocenters. The lowest BCUT2D eigenvalue weighted by Crippen LogP contribution is -2.52. The summed E-state index contributed by atoms with van der Waals surface area (Å²) in [5, 5.41) is 0. The van der Waals surface area contributed by atoms with Crippen molar-refractivity contribution in [2.24, 2.45) is 0 Å². The molecule has 31 heavy (non-hydrogen) atoms. The molecule has 0 aliphatic carbocycles. The van der Waals surface area contributed by atoms with Crippen molar-refractivity contribution in [1.82, 2.24) is 15.0 Å². The minimum absolute atomic E-state index is 0.0111. The van der Waals surface area contributed by atoms with Crippen LogP contribution in [0.1, 0.15) is 33.9 Å². The highest BCUT2D eigenvalue weighted by Crippen LogP contribution is 2.22. The van der Waals surface area contributed by atoms with Crippen molar-refractivity contribution in [3.63, 3.8) is 0 Å². The van der Waals surface area contributed by atoms with Gasteiger partial charge in [0.25, 0.3) is 21.7 Å². The molecule has 0 spiro atoms. The normalized spacial score (nSPS) is 11.2. The van der Waals surface area contributed by atoms with Crippen LogP contribution in [0, 0.1) is 32.0 Å². The Kier molecular flexibility index (Phi) is 6.14. The first kappa shape index (κ1) is 22.1. The molecule has 1 aromatic carbocycles. The van der Waals surface area contributed by atoms with Crippen LogP contribution >= 0.6 is 0 Å². The quantitative estimate of drug-likeness (QED) is 0.249. The summed E-state index contributed by atoms with van der Waals surface area (Å²) in [7, 11) is -4.32. The Morgan fingerprint density at radius 1 is 1.23 bits per heavy atom. The number of rotatable bonds is 6. The molecule has 3 rings (SSSR count). The Hall–Kier alpha value is -3.62. The molecule has 0 aliphatic heterocycles. The van der Waals surface area contributed by atoms with Crippen LogP contribution in [0.5, 0.6) is 5.88 Å². The van der Waals surface area contributed by atoms with Gasteiger partial charge in [0, 0.05) is 0 Å². The van der Waals surface area contributed by atoms with Crippen molar-refractivity contribution in [1.29, 1.82) is 0 Å². The molecule has 0 aliphatic rings. The number of aromatic nitrogens is 4. The van der Waals surface area contributed by atoms with E-state index in [4.69, 9.17) is 17.0 Å². The molecule has 0 bridgehead atoms. The molecule has 0 radical (unpaired) electrons. The maximum Gasteiger partial charge on any atom is 0.295 e. The third kappa shape index (κ3) is 4.93. The molecule has 3 N–H and O–H groups in total. The highest BCUT2D eigenvalue weighted by Gasteiger charge is 2.21. The van der Waals surface area contributed by atoms with Crippen LogP contribution in [0.25, 0.3) is 0 Å². The largest absolute Gasteiger partial charge is 0.464 e. The molecule has 0 saturated heterocycles. The summed E-state index contributed by atoms with van der Waals surface area (Å²) < 4.78 is 53.1. The first-order chi connectivity index (χ1) is 14.6. The van der Waals surface area contributed by atoms with Gasteiger partial charge < -0.3 is 4.74 Å². The van der Waals surface area contributed by atoms with E-state index in [1.165, 1.54) is 10.9 Å². The van der Waals surface area contributed by atoms with E-state index in [1.807, 2.05) is 0 Å². The minimum atomic E-state index is -4.32. The van der Waals surface area contributed by atoms with Crippen molar-refractivity contribution in [3.05, 3.63) is 70.4 Å². The van der Waals surface area contributed by atoms with Crippen molar-refractivity contribution in [2.45, 2.75) is 31.8 Å². The highest BCUT2D eigenvalue weighted by atomic mass is 32.2. The summed E-state index contributed by atoms with van der Waals surface area (Å²) in [6.45, 7) is 3.06. The fourth-order valence-electron chi connectivity index (χ4n) is 3.18. The number of ether oxygens (including phenoxy) is 1. The summed E-state index contributed by atoms with van der Waals surface area (Å²) in [6, 6.07) is 3.30. The Morgan fingerprint density at radius 3 is 2.48 bits per heavy atom. The van der Waals surface area contributed by atoms with Gasteiger partial charge >= 0.3 is 0 Å². The Balaban J connectivity index is 1.84. The molecular weight excluding hydrogens is 425 g/mol. The van der Waals surface area contributed by atoms with Gasteiger partial charge in [-0.1, -0.05) is 16.8 Å². The zero-order valence-electron chi connectivity index (χ0n) is 16.7. The Morgan fingerprint density at radius 2 is 1.87 bits per heavy atom. The molecule has 9 nitrogen and oxygen atoms in total. The van der Waals surface area contributed by atoms with Crippen molar-refractivity contribution < 1.29 is 26.8 Å². The molecule has 0 saturated carbocycles. The van der Waals surface area contributed by atoms with Gasteiger partial charge in [0.05, 0.1) is 23.7 Å². The predicted octanol–water partition coefficient (Wildman–Crippen LogP) is 1.03. The lowest BCUT2D eigenvalue weighted by molar-refractivity contribution is -0.656. The van der Waals surface area contributed by atoms with Gasteiger partial charge in [0.2, 0.25) is 17.3 Å². The van der Waals surface area contributed by atoms with Crippen molar-refractivity contribution >= 4 is 10.1 Å². The SMILES string of the molecule is C#Cc1ncc(F)c(OCc2cncc(Cc3cc(C)c(S(=O)(=O)O)c(C)c3)[n+]2N)n1. The molecule has 11 heteroatoms. The number of nitrogens with two attached hydrogens (primary N) is 1. The van der Waals surface area contributed by atoms with E-state index in [2.05, 4.69) is 20.9 Å². The maximum absolute atomic E-state index is 13.8. The van der Waals surface area contributed by atoms with Gasteiger partial charge in [-0.2, -0.15) is 17.8 Å². The van der Waals surface area contributed by atoms with E-state index in [-0.39, 0.29) is 23.2 Å². The molecule has 0 unspecified atom stereocenters. The summed E-state index contributed by atoms with van der Waals surface area (Å²) in [5.41, 5.74) is 2.61. The molecule has 2 aromatic heterocycles. The predicted molar refractivity (Wildman–Crippen MR) is 107 cm³/mol. The monoisotopic (exact) mass is 444 g/mol.